The number of ether oxygens (including phenoxy) is 1. The van der Waals surface area contributed by atoms with Gasteiger partial charge in [0.2, 0.25) is 0 Å². The summed E-state index contributed by atoms with van der Waals surface area (Å²) < 4.78 is 6.95. The van der Waals surface area contributed by atoms with Gasteiger partial charge in [-0.25, -0.2) is 9.78 Å². The first kappa shape index (κ1) is 21.0. The van der Waals surface area contributed by atoms with E-state index in [-0.39, 0.29) is 16.9 Å². The molecule has 0 saturated carbocycles. The molecule has 0 unspecified atom stereocenters. The minimum absolute atomic E-state index is 0.134. The van der Waals surface area contributed by atoms with E-state index in [9.17, 15) is 4.79 Å². The zero-order valence-corrected chi connectivity index (χ0v) is 17.0. The molecule has 0 aliphatic heterocycles. The Morgan fingerprint density at radius 2 is 1.92 bits per heavy atom. The van der Waals surface area contributed by atoms with Crippen molar-refractivity contribution in [3.8, 4) is 0 Å². The fourth-order valence-electron chi connectivity index (χ4n) is 3.17. The molecule has 0 bridgehead atoms. The molecule has 0 radical (unpaired) electrons. The second kappa shape index (κ2) is 7.89. The van der Waals surface area contributed by atoms with Crippen LogP contribution in [-0.2, 0) is 9.53 Å². The highest BCUT2D eigenvalue weighted by molar-refractivity contribution is 5.91. The lowest BCUT2D eigenvalue weighted by molar-refractivity contribution is -0.138. The van der Waals surface area contributed by atoms with E-state index >= 15 is 0 Å². The van der Waals surface area contributed by atoms with E-state index in [0.717, 1.165) is 17.9 Å². The van der Waals surface area contributed by atoms with E-state index in [0.29, 0.717) is 18.0 Å². The number of nitrogens with zero attached hydrogens (tertiary/aromatic N) is 2. The Labute approximate surface area is 152 Å². The third-order valence-corrected chi connectivity index (χ3v) is 3.64. The quantitative estimate of drug-likeness (QED) is 0.564. The molecule has 25 heavy (non-hydrogen) atoms. The molecule has 5 nitrogen and oxygen atoms in total. The largest absolute Gasteiger partial charge is 0.463 e. The normalized spacial score (nSPS) is 12.9. The molecule has 1 heterocycles. The highest BCUT2D eigenvalue weighted by Gasteiger charge is 2.27. The number of carbonyl (C=O) groups excluding carboxylic acids is 1. The number of hydrogen-bond donors (Lipinski definition) is 1. The van der Waals surface area contributed by atoms with Gasteiger partial charge in [0.15, 0.2) is 0 Å². The number of aryl methyl sites for hydroxylation is 1. The number of imidazole rings is 1. The maximum Gasteiger partial charge on any atom is 0.335 e. The summed E-state index contributed by atoms with van der Waals surface area (Å²) >= 11 is 0. The SMILES string of the molecule is C=Cc1nc(C)c(NC(C)(C)CC(C)(C)C)n1/C=C(\C)C(=O)OCC. The van der Waals surface area contributed by atoms with E-state index in [2.05, 4.69) is 51.5 Å². The van der Waals surface area contributed by atoms with E-state index < -0.39 is 0 Å². The fourth-order valence-corrected chi connectivity index (χ4v) is 3.17. The zero-order chi connectivity index (χ0) is 19.4. The van der Waals surface area contributed by atoms with Crippen LogP contribution >= 0.6 is 0 Å². The molecule has 0 atom stereocenters. The first-order valence-corrected chi connectivity index (χ1v) is 8.75. The molecular weight excluding hydrogens is 314 g/mol. The number of esters is 1. The Morgan fingerprint density at radius 1 is 1.32 bits per heavy atom. The third kappa shape index (κ3) is 6.07. The van der Waals surface area contributed by atoms with Crippen LogP contribution in [0.1, 0.15) is 66.4 Å². The molecule has 1 rings (SSSR count). The van der Waals surface area contributed by atoms with Crippen LogP contribution in [0, 0.1) is 12.3 Å². The van der Waals surface area contributed by atoms with Crippen molar-refractivity contribution < 1.29 is 9.53 Å². The molecule has 1 N–H and O–H groups in total. The number of hydrogen-bond acceptors (Lipinski definition) is 4. The predicted molar refractivity (Wildman–Crippen MR) is 105 cm³/mol. The van der Waals surface area contributed by atoms with Gasteiger partial charge >= 0.3 is 5.97 Å². The summed E-state index contributed by atoms with van der Waals surface area (Å²) in [5.74, 6) is 1.23. The van der Waals surface area contributed by atoms with Crippen LogP contribution in [-0.4, -0.2) is 27.7 Å². The minimum Gasteiger partial charge on any atom is -0.463 e. The molecule has 0 aromatic carbocycles. The van der Waals surface area contributed by atoms with Crippen LogP contribution in [0.4, 0.5) is 5.82 Å². The number of nitrogens with one attached hydrogen (secondary N) is 1. The molecule has 1 aromatic rings. The molecule has 0 aliphatic carbocycles. The van der Waals surface area contributed by atoms with Crippen molar-refractivity contribution in [3.63, 3.8) is 0 Å². The molecule has 0 spiro atoms. The highest BCUT2D eigenvalue weighted by atomic mass is 16.5. The van der Waals surface area contributed by atoms with Gasteiger partial charge in [-0.1, -0.05) is 27.4 Å². The van der Waals surface area contributed by atoms with Gasteiger partial charge in [-0.2, -0.15) is 0 Å². The maximum atomic E-state index is 12.0. The number of carbonyl (C=O) groups is 1. The van der Waals surface area contributed by atoms with Gasteiger partial charge < -0.3 is 10.1 Å². The van der Waals surface area contributed by atoms with Crippen molar-refractivity contribution in [2.75, 3.05) is 11.9 Å². The van der Waals surface area contributed by atoms with Gasteiger partial charge in [-0.3, -0.25) is 4.57 Å². The summed E-state index contributed by atoms with van der Waals surface area (Å²) in [7, 11) is 0. The Hall–Kier alpha value is -2.04. The van der Waals surface area contributed by atoms with Crippen LogP contribution in [0.3, 0.4) is 0 Å². The molecule has 0 amide bonds. The second-order valence-electron chi connectivity index (χ2n) is 8.26. The number of aromatic nitrogens is 2. The van der Waals surface area contributed by atoms with Crippen LogP contribution in [0.2, 0.25) is 0 Å². The number of anilines is 1. The average Bonchev–Trinajstić information content (AvgIpc) is 2.72. The first-order chi connectivity index (χ1) is 11.4. The number of rotatable bonds is 7. The van der Waals surface area contributed by atoms with E-state index in [1.54, 1.807) is 26.1 Å². The second-order valence-corrected chi connectivity index (χ2v) is 8.26. The summed E-state index contributed by atoms with van der Waals surface area (Å²) in [6.45, 7) is 20.7. The Bertz CT molecular complexity index is 661. The Balaban J connectivity index is 3.29. The van der Waals surface area contributed by atoms with Gasteiger partial charge in [0.25, 0.3) is 0 Å². The summed E-state index contributed by atoms with van der Waals surface area (Å²) in [6, 6.07) is 0. The summed E-state index contributed by atoms with van der Waals surface area (Å²) in [5, 5.41) is 3.60. The van der Waals surface area contributed by atoms with Crippen molar-refractivity contribution in [1.29, 1.82) is 0 Å². The van der Waals surface area contributed by atoms with Crippen molar-refractivity contribution >= 4 is 24.1 Å². The van der Waals surface area contributed by atoms with Crippen molar-refractivity contribution in [3.05, 3.63) is 23.7 Å². The Morgan fingerprint density at radius 3 is 2.40 bits per heavy atom. The van der Waals surface area contributed by atoms with Crippen molar-refractivity contribution in [1.82, 2.24) is 9.55 Å². The Kier molecular flexibility index (Phi) is 6.63. The predicted octanol–water partition coefficient (Wildman–Crippen LogP) is 4.89. The van der Waals surface area contributed by atoms with Gasteiger partial charge in [-0.15, -0.1) is 0 Å². The summed E-state index contributed by atoms with van der Waals surface area (Å²) in [4.78, 5) is 16.5. The van der Waals surface area contributed by atoms with Crippen molar-refractivity contribution in [2.24, 2.45) is 5.41 Å². The van der Waals surface area contributed by atoms with Gasteiger partial charge in [0.05, 0.1) is 17.9 Å². The summed E-state index contributed by atoms with van der Waals surface area (Å²) in [6.07, 6.45) is 4.42. The first-order valence-electron chi connectivity index (χ1n) is 8.75. The van der Waals surface area contributed by atoms with Crippen LogP contribution in [0.15, 0.2) is 12.2 Å². The monoisotopic (exact) mass is 347 g/mol. The lowest BCUT2D eigenvalue weighted by atomic mass is 9.82. The van der Waals surface area contributed by atoms with Crippen LogP contribution in [0.5, 0.6) is 0 Å². The van der Waals surface area contributed by atoms with E-state index in [1.165, 1.54) is 0 Å². The standard InChI is InChI=1S/C20H33N3O2/c1-10-16-21-15(4)17(22-20(8,9)13-19(5,6)7)23(16)12-14(3)18(24)25-11-2/h10,12,22H,1,11,13H2,2-9H3/b14-12+. The third-order valence-electron chi connectivity index (χ3n) is 3.64. The highest BCUT2D eigenvalue weighted by Crippen LogP contribution is 2.31. The lowest BCUT2D eigenvalue weighted by Crippen LogP contribution is -2.36. The van der Waals surface area contributed by atoms with E-state index in [1.807, 2.05) is 11.5 Å². The molecule has 140 valence electrons. The smallest absolute Gasteiger partial charge is 0.335 e. The molecule has 0 saturated heterocycles. The molecule has 1 aromatic heterocycles. The minimum atomic E-state index is -0.330. The average molecular weight is 348 g/mol. The summed E-state index contributed by atoms with van der Waals surface area (Å²) in [5.41, 5.74) is 1.43. The zero-order valence-electron chi connectivity index (χ0n) is 17.0. The van der Waals surface area contributed by atoms with Gasteiger partial charge in [0.1, 0.15) is 11.6 Å². The van der Waals surface area contributed by atoms with Gasteiger partial charge in [0, 0.05) is 11.7 Å². The molecule has 0 aliphatic rings. The maximum absolute atomic E-state index is 12.0. The van der Waals surface area contributed by atoms with Gasteiger partial charge in [-0.05, 0) is 52.5 Å². The molecule has 0 fully saturated rings. The lowest BCUT2D eigenvalue weighted by Gasteiger charge is -2.34. The van der Waals surface area contributed by atoms with Crippen LogP contribution in [0.25, 0.3) is 12.3 Å². The molecular formula is C20H33N3O2. The topological polar surface area (TPSA) is 56.2 Å². The molecule has 5 heteroatoms. The van der Waals surface area contributed by atoms with Crippen molar-refractivity contribution in [2.45, 2.75) is 67.3 Å². The van der Waals surface area contributed by atoms with E-state index in [4.69, 9.17) is 4.74 Å². The fraction of sp³-hybridized carbons (Fsp3) is 0.600. The van der Waals surface area contributed by atoms with Crippen LogP contribution < -0.4 is 5.32 Å².